The molecular formula is C9H11ClN2O3. The number of rotatable bonds is 4. The van der Waals surface area contributed by atoms with E-state index >= 15 is 0 Å². The predicted octanol–water partition coefficient (Wildman–Crippen LogP) is 0.862. The Kier molecular flexibility index (Phi) is 3.88. The minimum atomic E-state index is -1.10. The summed E-state index contributed by atoms with van der Waals surface area (Å²) in [6, 6.07) is 1.38. The lowest BCUT2D eigenvalue weighted by Crippen LogP contribution is -2.22. The van der Waals surface area contributed by atoms with Gasteiger partial charge in [0.2, 0.25) is 0 Å². The summed E-state index contributed by atoms with van der Waals surface area (Å²) in [7, 11) is 1.71. The van der Waals surface area contributed by atoms with Crippen molar-refractivity contribution in [2.45, 2.75) is 0 Å². The Hall–Kier alpha value is -1.33. The second-order valence-electron chi connectivity index (χ2n) is 2.97. The summed E-state index contributed by atoms with van der Waals surface area (Å²) in [4.78, 5) is 16.4. The number of nitrogens with zero attached hydrogens (tertiary/aromatic N) is 2. The monoisotopic (exact) mass is 230 g/mol. The van der Waals surface area contributed by atoms with Crippen molar-refractivity contribution < 1.29 is 15.0 Å². The normalized spacial score (nSPS) is 10.1. The molecule has 1 heterocycles. The van der Waals surface area contributed by atoms with Crippen molar-refractivity contribution in [3.8, 4) is 0 Å². The lowest BCUT2D eigenvalue weighted by Gasteiger charge is -2.16. The smallest absolute Gasteiger partial charge is 0.337 e. The lowest BCUT2D eigenvalue weighted by atomic mass is 10.2. The summed E-state index contributed by atoms with van der Waals surface area (Å²) in [5, 5.41) is 17.6. The Labute approximate surface area is 91.9 Å². The molecule has 0 aliphatic carbocycles. The minimum absolute atomic E-state index is 0.00598. The van der Waals surface area contributed by atoms with Crippen LogP contribution in [0.5, 0.6) is 0 Å². The average Bonchev–Trinajstić information content (AvgIpc) is 2.18. The van der Waals surface area contributed by atoms with Crippen molar-refractivity contribution >= 4 is 23.4 Å². The highest BCUT2D eigenvalue weighted by molar-refractivity contribution is 6.33. The molecule has 0 aliphatic heterocycles. The van der Waals surface area contributed by atoms with Crippen LogP contribution in [0.25, 0.3) is 0 Å². The highest BCUT2D eigenvalue weighted by Gasteiger charge is 2.12. The number of aromatic carboxylic acids is 1. The van der Waals surface area contributed by atoms with Crippen molar-refractivity contribution in [2.24, 2.45) is 0 Å². The van der Waals surface area contributed by atoms with Crippen molar-refractivity contribution in [1.82, 2.24) is 4.98 Å². The zero-order chi connectivity index (χ0) is 11.4. The van der Waals surface area contributed by atoms with E-state index < -0.39 is 5.97 Å². The molecule has 1 rings (SSSR count). The number of carboxylic acids is 1. The molecule has 0 bridgehead atoms. The highest BCUT2D eigenvalue weighted by atomic mass is 35.5. The van der Waals surface area contributed by atoms with Crippen LogP contribution < -0.4 is 4.90 Å². The maximum Gasteiger partial charge on any atom is 0.337 e. The van der Waals surface area contributed by atoms with Gasteiger partial charge in [-0.15, -0.1) is 0 Å². The van der Waals surface area contributed by atoms with E-state index in [4.69, 9.17) is 21.8 Å². The Bertz CT molecular complexity index is 370. The van der Waals surface area contributed by atoms with Crippen molar-refractivity contribution in [3.05, 3.63) is 22.8 Å². The number of aromatic nitrogens is 1. The number of carbonyl (C=O) groups is 1. The molecule has 82 valence electrons. The first-order valence-electron chi connectivity index (χ1n) is 4.27. The molecule has 1 aromatic heterocycles. The van der Waals surface area contributed by atoms with Gasteiger partial charge in [-0.1, -0.05) is 11.6 Å². The molecule has 0 aliphatic rings. The summed E-state index contributed by atoms with van der Waals surface area (Å²) in [6.45, 7) is 0.358. The second-order valence-corrected chi connectivity index (χ2v) is 3.38. The zero-order valence-electron chi connectivity index (χ0n) is 8.14. The van der Waals surface area contributed by atoms with E-state index in [2.05, 4.69) is 4.98 Å². The predicted molar refractivity (Wildman–Crippen MR) is 56.6 cm³/mol. The molecule has 0 spiro atoms. The molecular weight excluding hydrogens is 220 g/mol. The van der Waals surface area contributed by atoms with E-state index in [-0.39, 0.29) is 17.2 Å². The third-order valence-electron chi connectivity index (χ3n) is 1.90. The molecule has 0 radical (unpaired) electrons. The number of halogens is 1. The van der Waals surface area contributed by atoms with Gasteiger partial charge in [-0.25, -0.2) is 9.78 Å². The minimum Gasteiger partial charge on any atom is -0.478 e. The zero-order valence-corrected chi connectivity index (χ0v) is 8.90. The Morgan fingerprint density at radius 1 is 1.67 bits per heavy atom. The van der Waals surface area contributed by atoms with Crippen LogP contribution in [0.1, 0.15) is 10.4 Å². The third kappa shape index (κ3) is 2.81. The molecule has 0 amide bonds. The van der Waals surface area contributed by atoms with Gasteiger partial charge >= 0.3 is 5.97 Å². The summed E-state index contributed by atoms with van der Waals surface area (Å²) in [5.41, 5.74) is 0.00598. The fourth-order valence-corrected chi connectivity index (χ4v) is 1.25. The number of anilines is 1. The van der Waals surface area contributed by atoms with Crippen LogP contribution in [0.4, 0.5) is 5.82 Å². The second kappa shape index (κ2) is 4.95. The maximum absolute atomic E-state index is 10.8. The number of hydrogen-bond acceptors (Lipinski definition) is 4. The van der Waals surface area contributed by atoms with E-state index in [1.165, 1.54) is 12.3 Å². The molecule has 15 heavy (non-hydrogen) atoms. The largest absolute Gasteiger partial charge is 0.478 e. The molecule has 0 fully saturated rings. The van der Waals surface area contributed by atoms with Gasteiger partial charge in [0.05, 0.1) is 17.2 Å². The van der Waals surface area contributed by atoms with Crippen LogP contribution in [-0.2, 0) is 0 Å². The molecule has 0 saturated heterocycles. The standard InChI is InChI=1S/C9H11ClN2O3/c1-12(2-3-13)8-4-6(9(14)15)7(10)5-11-8/h4-5,13H,2-3H2,1H3,(H,14,15). The van der Waals surface area contributed by atoms with Crippen LogP contribution in [0, 0.1) is 0 Å². The Balaban J connectivity index is 3.02. The molecule has 1 aromatic rings. The van der Waals surface area contributed by atoms with Crippen LogP contribution in [-0.4, -0.2) is 41.4 Å². The summed E-state index contributed by atoms with van der Waals surface area (Å²) in [6.07, 6.45) is 1.29. The first-order valence-corrected chi connectivity index (χ1v) is 4.65. The molecule has 0 unspecified atom stereocenters. The fourth-order valence-electron chi connectivity index (χ4n) is 1.06. The van der Waals surface area contributed by atoms with Gasteiger partial charge in [-0.3, -0.25) is 0 Å². The van der Waals surface area contributed by atoms with Gasteiger partial charge in [-0.05, 0) is 6.07 Å². The SMILES string of the molecule is CN(CCO)c1cc(C(=O)O)c(Cl)cn1. The van der Waals surface area contributed by atoms with Gasteiger partial charge in [0.25, 0.3) is 0 Å². The number of hydrogen-bond donors (Lipinski definition) is 2. The first kappa shape index (κ1) is 11.7. The van der Waals surface area contributed by atoms with E-state index in [0.29, 0.717) is 12.4 Å². The molecule has 0 saturated carbocycles. The maximum atomic E-state index is 10.8. The molecule has 2 N–H and O–H groups in total. The summed E-state index contributed by atoms with van der Waals surface area (Å²) >= 11 is 5.66. The number of pyridine rings is 1. The topological polar surface area (TPSA) is 73.7 Å². The lowest BCUT2D eigenvalue weighted by molar-refractivity contribution is 0.0697. The van der Waals surface area contributed by atoms with Gasteiger partial charge in [0.1, 0.15) is 5.82 Å². The van der Waals surface area contributed by atoms with Crippen LogP contribution >= 0.6 is 11.6 Å². The highest BCUT2D eigenvalue weighted by Crippen LogP contribution is 2.19. The molecule has 0 atom stereocenters. The van der Waals surface area contributed by atoms with Crippen molar-refractivity contribution in [1.29, 1.82) is 0 Å². The van der Waals surface area contributed by atoms with Gasteiger partial charge in [0.15, 0.2) is 0 Å². The Morgan fingerprint density at radius 2 is 2.33 bits per heavy atom. The molecule has 0 aromatic carbocycles. The number of carboxylic acid groups (broad SMARTS) is 1. The van der Waals surface area contributed by atoms with E-state index in [1.54, 1.807) is 11.9 Å². The van der Waals surface area contributed by atoms with Crippen molar-refractivity contribution in [2.75, 3.05) is 25.1 Å². The molecule has 6 heteroatoms. The fraction of sp³-hybridized carbons (Fsp3) is 0.333. The first-order chi connectivity index (χ1) is 7.06. The quantitative estimate of drug-likeness (QED) is 0.803. The Morgan fingerprint density at radius 3 is 2.87 bits per heavy atom. The van der Waals surface area contributed by atoms with Gasteiger partial charge in [-0.2, -0.15) is 0 Å². The number of aliphatic hydroxyl groups is 1. The van der Waals surface area contributed by atoms with Crippen LogP contribution in [0.2, 0.25) is 5.02 Å². The van der Waals surface area contributed by atoms with E-state index in [1.807, 2.05) is 0 Å². The summed E-state index contributed by atoms with van der Waals surface area (Å²) < 4.78 is 0. The van der Waals surface area contributed by atoms with Crippen LogP contribution in [0.3, 0.4) is 0 Å². The van der Waals surface area contributed by atoms with Gasteiger partial charge < -0.3 is 15.1 Å². The van der Waals surface area contributed by atoms with Crippen molar-refractivity contribution in [3.63, 3.8) is 0 Å². The summed E-state index contributed by atoms with van der Waals surface area (Å²) in [5.74, 6) is -0.633. The molecule has 5 nitrogen and oxygen atoms in total. The van der Waals surface area contributed by atoms with E-state index in [0.717, 1.165) is 0 Å². The number of aliphatic hydroxyl groups excluding tert-OH is 1. The van der Waals surface area contributed by atoms with Crippen LogP contribution in [0.15, 0.2) is 12.3 Å². The third-order valence-corrected chi connectivity index (χ3v) is 2.20. The van der Waals surface area contributed by atoms with Gasteiger partial charge in [0, 0.05) is 19.8 Å². The number of likely N-dealkylation sites (N-methyl/N-ethyl adjacent to an activating group) is 1. The van der Waals surface area contributed by atoms with E-state index in [9.17, 15) is 4.79 Å². The average molecular weight is 231 g/mol.